The lowest BCUT2D eigenvalue weighted by atomic mass is 10.2. The number of rotatable bonds is 4. The van der Waals surface area contributed by atoms with E-state index in [4.69, 9.17) is 0 Å². The molecule has 0 radical (unpaired) electrons. The number of alkyl halides is 1. The molecule has 0 spiro atoms. The van der Waals surface area contributed by atoms with Gasteiger partial charge in [0, 0.05) is 6.42 Å². The van der Waals surface area contributed by atoms with Crippen molar-refractivity contribution in [3.8, 4) is 0 Å². The molecule has 0 heterocycles. The first-order valence-electron chi connectivity index (χ1n) is 2.94. The second kappa shape index (κ2) is 5.54. The number of hydrogen-bond acceptors (Lipinski definition) is 2. The lowest BCUT2D eigenvalue weighted by Crippen LogP contribution is -1.99. The van der Waals surface area contributed by atoms with Gasteiger partial charge in [0.2, 0.25) is 0 Å². The molecule has 0 aliphatic heterocycles. The van der Waals surface area contributed by atoms with Crippen molar-refractivity contribution in [1.82, 2.24) is 0 Å². The highest BCUT2D eigenvalue weighted by Gasteiger charge is 1.97. The molecule has 0 atom stereocenters. The molecular weight excluding hydrogens is 123 g/mol. The minimum atomic E-state index is -0.350. The van der Waals surface area contributed by atoms with Crippen molar-refractivity contribution in [3.63, 3.8) is 0 Å². The van der Waals surface area contributed by atoms with Crippen LogP contribution in [-0.4, -0.2) is 19.8 Å². The number of carbonyl (C=O) groups excluding carboxylic acids is 1. The predicted molar refractivity (Wildman–Crippen MR) is 31.8 cm³/mol. The van der Waals surface area contributed by atoms with Gasteiger partial charge in [-0.15, -0.1) is 0 Å². The lowest BCUT2D eigenvalue weighted by Gasteiger charge is -1.94. The molecule has 54 valence electrons. The number of methoxy groups -OCH3 is 1. The van der Waals surface area contributed by atoms with Crippen LogP contribution in [0.4, 0.5) is 4.39 Å². The zero-order chi connectivity index (χ0) is 7.11. The van der Waals surface area contributed by atoms with Crippen molar-refractivity contribution >= 4 is 5.97 Å². The summed E-state index contributed by atoms with van der Waals surface area (Å²) in [5.74, 6) is -0.261. The first-order valence-corrected chi connectivity index (χ1v) is 2.94. The van der Waals surface area contributed by atoms with E-state index in [1.54, 1.807) is 0 Å². The molecule has 2 nitrogen and oxygen atoms in total. The minimum Gasteiger partial charge on any atom is -0.469 e. The van der Waals surface area contributed by atoms with E-state index in [0.717, 1.165) is 0 Å². The molecular formula is C6H11FO2. The minimum absolute atomic E-state index is 0.261. The fourth-order valence-electron chi connectivity index (χ4n) is 0.466. The number of hydrogen-bond donors (Lipinski definition) is 0. The van der Waals surface area contributed by atoms with Gasteiger partial charge >= 0.3 is 5.97 Å². The average molecular weight is 134 g/mol. The van der Waals surface area contributed by atoms with Crippen LogP contribution >= 0.6 is 0 Å². The van der Waals surface area contributed by atoms with E-state index in [-0.39, 0.29) is 12.6 Å². The van der Waals surface area contributed by atoms with Crippen molar-refractivity contribution in [2.45, 2.75) is 19.3 Å². The summed E-state index contributed by atoms with van der Waals surface area (Å²) in [4.78, 5) is 10.3. The zero-order valence-electron chi connectivity index (χ0n) is 5.52. The molecule has 0 N–H and O–H groups in total. The molecule has 9 heavy (non-hydrogen) atoms. The number of esters is 1. The molecule has 0 bridgehead atoms. The fraction of sp³-hybridized carbons (Fsp3) is 0.833. The van der Waals surface area contributed by atoms with Crippen molar-refractivity contribution in [3.05, 3.63) is 0 Å². The van der Waals surface area contributed by atoms with E-state index in [1.165, 1.54) is 7.11 Å². The van der Waals surface area contributed by atoms with E-state index in [2.05, 4.69) is 4.74 Å². The predicted octanol–water partition coefficient (Wildman–Crippen LogP) is 1.30. The number of carbonyl (C=O) groups is 1. The van der Waals surface area contributed by atoms with Gasteiger partial charge in [-0.1, -0.05) is 0 Å². The van der Waals surface area contributed by atoms with Crippen molar-refractivity contribution in [1.29, 1.82) is 0 Å². The molecule has 3 heteroatoms. The average Bonchev–Trinajstić information content (AvgIpc) is 1.89. The van der Waals surface area contributed by atoms with Crippen LogP contribution in [0.2, 0.25) is 0 Å². The Hall–Kier alpha value is -0.600. The molecule has 0 rings (SSSR count). The Bertz CT molecular complexity index is 83.1. The quantitative estimate of drug-likeness (QED) is 0.428. The zero-order valence-corrected chi connectivity index (χ0v) is 5.52. The SMILES string of the molecule is COC(=O)CCCCF. The molecule has 0 saturated heterocycles. The van der Waals surface area contributed by atoms with Crippen LogP contribution in [0.3, 0.4) is 0 Å². The van der Waals surface area contributed by atoms with Crippen molar-refractivity contribution in [2.75, 3.05) is 13.8 Å². The molecule has 0 aromatic heterocycles. The largest absolute Gasteiger partial charge is 0.469 e. The van der Waals surface area contributed by atoms with Gasteiger partial charge in [0.05, 0.1) is 13.8 Å². The molecule has 0 aliphatic rings. The van der Waals surface area contributed by atoms with Gasteiger partial charge in [-0.25, -0.2) is 0 Å². The topological polar surface area (TPSA) is 26.3 Å². The number of halogens is 1. The third-order valence-corrected chi connectivity index (χ3v) is 0.992. The van der Waals surface area contributed by atoms with Crippen molar-refractivity contribution < 1.29 is 13.9 Å². The molecule has 0 aromatic carbocycles. The Labute approximate surface area is 54.0 Å². The van der Waals surface area contributed by atoms with Gasteiger partial charge < -0.3 is 4.74 Å². The second-order valence-electron chi connectivity index (χ2n) is 1.72. The number of ether oxygens (including phenoxy) is 1. The van der Waals surface area contributed by atoms with Gasteiger partial charge in [-0.2, -0.15) is 0 Å². The first-order chi connectivity index (χ1) is 4.31. The molecule has 0 aliphatic carbocycles. The summed E-state index contributed by atoms with van der Waals surface area (Å²) in [6.45, 7) is -0.350. The number of unbranched alkanes of at least 4 members (excludes halogenated alkanes) is 1. The van der Waals surface area contributed by atoms with Crippen LogP contribution in [-0.2, 0) is 9.53 Å². The van der Waals surface area contributed by atoms with Crippen LogP contribution in [0.5, 0.6) is 0 Å². The van der Waals surface area contributed by atoms with Crippen LogP contribution in [0.15, 0.2) is 0 Å². The highest BCUT2D eigenvalue weighted by molar-refractivity contribution is 5.68. The van der Waals surface area contributed by atoms with Gasteiger partial charge in [0.1, 0.15) is 0 Å². The van der Waals surface area contributed by atoms with E-state index in [0.29, 0.717) is 19.3 Å². The lowest BCUT2D eigenvalue weighted by molar-refractivity contribution is -0.140. The summed E-state index contributed by atoms with van der Waals surface area (Å²) in [5.41, 5.74) is 0. The standard InChI is InChI=1S/C6H11FO2/c1-9-6(8)4-2-3-5-7/h2-5H2,1H3. The molecule has 0 saturated carbocycles. The Morgan fingerprint density at radius 3 is 2.67 bits per heavy atom. The van der Waals surface area contributed by atoms with Crippen LogP contribution < -0.4 is 0 Å². The summed E-state index contributed by atoms with van der Waals surface area (Å²) in [7, 11) is 1.33. The first kappa shape index (κ1) is 8.40. The third kappa shape index (κ3) is 5.27. The van der Waals surface area contributed by atoms with Crippen LogP contribution in [0.25, 0.3) is 0 Å². The van der Waals surface area contributed by atoms with Gasteiger partial charge in [-0.05, 0) is 12.8 Å². The van der Waals surface area contributed by atoms with Gasteiger partial charge in [-0.3, -0.25) is 9.18 Å². The normalized spacial score (nSPS) is 9.11. The van der Waals surface area contributed by atoms with Crippen LogP contribution in [0.1, 0.15) is 19.3 Å². The second-order valence-corrected chi connectivity index (χ2v) is 1.72. The maximum atomic E-state index is 11.4. The summed E-state index contributed by atoms with van der Waals surface area (Å²) >= 11 is 0. The molecule has 0 unspecified atom stereocenters. The maximum absolute atomic E-state index is 11.4. The van der Waals surface area contributed by atoms with E-state index in [9.17, 15) is 9.18 Å². The van der Waals surface area contributed by atoms with E-state index < -0.39 is 0 Å². The Morgan fingerprint density at radius 2 is 2.22 bits per heavy atom. The highest BCUT2D eigenvalue weighted by Crippen LogP contribution is 1.96. The van der Waals surface area contributed by atoms with Crippen molar-refractivity contribution in [2.24, 2.45) is 0 Å². The molecule has 0 aromatic rings. The molecule has 0 fully saturated rings. The summed E-state index contributed by atoms with van der Waals surface area (Å²) in [5, 5.41) is 0. The smallest absolute Gasteiger partial charge is 0.305 e. The van der Waals surface area contributed by atoms with E-state index in [1.807, 2.05) is 0 Å². The summed E-state index contributed by atoms with van der Waals surface area (Å²) in [6.07, 6.45) is 1.37. The fourth-order valence-corrected chi connectivity index (χ4v) is 0.466. The maximum Gasteiger partial charge on any atom is 0.305 e. The molecule has 0 amide bonds. The van der Waals surface area contributed by atoms with E-state index >= 15 is 0 Å². The van der Waals surface area contributed by atoms with Gasteiger partial charge in [0.25, 0.3) is 0 Å². The summed E-state index contributed by atoms with van der Waals surface area (Å²) in [6, 6.07) is 0. The summed E-state index contributed by atoms with van der Waals surface area (Å²) < 4.78 is 15.7. The monoisotopic (exact) mass is 134 g/mol. The van der Waals surface area contributed by atoms with Gasteiger partial charge in [0.15, 0.2) is 0 Å². The third-order valence-electron chi connectivity index (χ3n) is 0.992. The Kier molecular flexibility index (Phi) is 5.17. The Balaban J connectivity index is 2.97. The van der Waals surface area contributed by atoms with Crippen LogP contribution in [0, 0.1) is 0 Å². The Morgan fingerprint density at radius 1 is 1.56 bits per heavy atom. The highest BCUT2D eigenvalue weighted by atomic mass is 19.1.